The minimum Gasteiger partial charge on any atom is -0.495 e. The number of likely N-dealkylation sites (tertiary alicyclic amines) is 1. The molecule has 0 radical (unpaired) electrons. The minimum atomic E-state index is -3.57. The van der Waals surface area contributed by atoms with E-state index in [4.69, 9.17) is 4.74 Å². The normalized spacial score (nSPS) is 17.7. The van der Waals surface area contributed by atoms with Crippen molar-refractivity contribution >= 4 is 10.0 Å². The lowest BCUT2D eigenvalue weighted by Gasteiger charge is -2.34. The van der Waals surface area contributed by atoms with Crippen LogP contribution < -0.4 is 9.46 Å². The van der Waals surface area contributed by atoms with Crippen molar-refractivity contribution in [3.63, 3.8) is 0 Å². The van der Waals surface area contributed by atoms with Gasteiger partial charge in [0.2, 0.25) is 10.0 Å². The summed E-state index contributed by atoms with van der Waals surface area (Å²) in [5.74, 6) is 0.403. The predicted molar refractivity (Wildman–Crippen MR) is 92.5 cm³/mol. The Morgan fingerprint density at radius 1 is 1.17 bits per heavy atom. The van der Waals surface area contributed by atoms with Crippen LogP contribution in [0.15, 0.2) is 17.0 Å². The molecule has 1 aromatic rings. The number of hydrogen-bond donors (Lipinski definition) is 1. The van der Waals surface area contributed by atoms with Gasteiger partial charge in [-0.15, -0.1) is 0 Å². The SMILES string of the molecule is COc1cc(C)c(C)cc1S(=O)(=O)NC1CCN(C(C)C)CC1. The van der Waals surface area contributed by atoms with Gasteiger partial charge in [-0.05, 0) is 76.9 Å². The molecule has 1 fully saturated rings. The fraction of sp³-hybridized carbons (Fsp3) is 0.647. The number of nitrogens with zero attached hydrogens (tertiary/aromatic N) is 1. The van der Waals surface area contributed by atoms with Crippen LogP contribution in [0.1, 0.15) is 37.8 Å². The van der Waals surface area contributed by atoms with Crippen molar-refractivity contribution < 1.29 is 13.2 Å². The maximum Gasteiger partial charge on any atom is 0.244 e. The Balaban J connectivity index is 2.16. The summed E-state index contributed by atoms with van der Waals surface area (Å²) in [5, 5.41) is 0. The van der Waals surface area contributed by atoms with Crippen LogP contribution >= 0.6 is 0 Å². The number of rotatable bonds is 5. The van der Waals surface area contributed by atoms with Crippen LogP contribution in [0.2, 0.25) is 0 Å². The van der Waals surface area contributed by atoms with Crippen molar-refractivity contribution in [1.29, 1.82) is 0 Å². The molecule has 5 nitrogen and oxygen atoms in total. The lowest BCUT2D eigenvalue weighted by atomic mass is 10.1. The van der Waals surface area contributed by atoms with E-state index < -0.39 is 10.0 Å². The molecule has 1 aliphatic rings. The first-order valence-corrected chi connectivity index (χ1v) is 9.64. The molecule has 0 aliphatic carbocycles. The van der Waals surface area contributed by atoms with Gasteiger partial charge in [-0.2, -0.15) is 0 Å². The minimum absolute atomic E-state index is 0.0127. The molecule has 1 heterocycles. The molecule has 2 rings (SSSR count). The summed E-state index contributed by atoms with van der Waals surface area (Å²) in [6.07, 6.45) is 1.68. The Kier molecular flexibility index (Phi) is 5.70. The smallest absolute Gasteiger partial charge is 0.244 e. The van der Waals surface area contributed by atoms with Crippen LogP contribution in [0.5, 0.6) is 5.75 Å². The molecule has 1 aromatic carbocycles. The van der Waals surface area contributed by atoms with Gasteiger partial charge in [0, 0.05) is 12.1 Å². The second kappa shape index (κ2) is 7.20. The average molecular weight is 340 g/mol. The van der Waals surface area contributed by atoms with Crippen LogP contribution in [0.25, 0.3) is 0 Å². The highest BCUT2D eigenvalue weighted by molar-refractivity contribution is 7.89. The number of aryl methyl sites for hydroxylation is 2. The second-order valence-corrected chi connectivity index (χ2v) is 8.30. The molecule has 0 bridgehead atoms. The van der Waals surface area contributed by atoms with E-state index in [0.29, 0.717) is 11.8 Å². The topological polar surface area (TPSA) is 58.6 Å². The van der Waals surface area contributed by atoms with Crippen LogP contribution in [-0.2, 0) is 10.0 Å². The van der Waals surface area contributed by atoms with E-state index in [9.17, 15) is 8.42 Å². The first-order chi connectivity index (χ1) is 10.7. The second-order valence-electron chi connectivity index (χ2n) is 6.61. The highest BCUT2D eigenvalue weighted by Gasteiger charge is 2.27. The number of methoxy groups -OCH3 is 1. The van der Waals surface area contributed by atoms with Gasteiger partial charge in [-0.3, -0.25) is 0 Å². The Bertz CT molecular complexity index is 648. The Morgan fingerprint density at radius 3 is 2.26 bits per heavy atom. The summed E-state index contributed by atoms with van der Waals surface area (Å²) < 4.78 is 33.6. The highest BCUT2D eigenvalue weighted by Crippen LogP contribution is 2.28. The van der Waals surface area contributed by atoms with Crippen molar-refractivity contribution in [3.05, 3.63) is 23.3 Å². The molecule has 0 unspecified atom stereocenters. The Hall–Kier alpha value is -1.11. The van der Waals surface area contributed by atoms with E-state index in [1.165, 1.54) is 7.11 Å². The van der Waals surface area contributed by atoms with E-state index in [2.05, 4.69) is 23.5 Å². The van der Waals surface area contributed by atoms with E-state index in [0.717, 1.165) is 37.1 Å². The number of benzene rings is 1. The summed E-state index contributed by atoms with van der Waals surface area (Å²) in [7, 11) is -2.07. The van der Waals surface area contributed by atoms with Crippen LogP contribution in [-0.4, -0.2) is 45.6 Å². The molecule has 0 saturated carbocycles. The fourth-order valence-electron chi connectivity index (χ4n) is 2.95. The van der Waals surface area contributed by atoms with E-state index >= 15 is 0 Å². The van der Waals surface area contributed by atoms with Gasteiger partial charge >= 0.3 is 0 Å². The number of piperidine rings is 1. The molecule has 6 heteroatoms. The van der Waals surface area contributed by atoms with Crippen LogP contribution in [0.4, 0.5) is 0 Å². The zero-order valence-corrected chi connectivity index (χ0v) is 15.5. The largest absolute Gasteiger partial charge is 0.495 e. The van der Waals surface area contributed by atoms with Gasteiger partial charge in [-0.1, -0.05) is 0 Å². The van der Waals surface area contributed by atoms with Gasteiger partial charge in [-0.25, -0.2) is 13.1 Å². The third-order valence-electron chi connectivity index (χ3n) is 4.65. The van der Waals surface area contributed by atoms with Crippen molar-refractivity contribution in [3.8, 4) is 5.75 Å². The van der Waals surface area contributed by atoms with Crippen molar-refractivity contribution in [2.24, 2.45) is 0 Å². The third kappa shape index (κ3) is 4.25. The molecule has 0 aromatic heterocycles. The quantitative estimate of drug-likeness (QED) is 0.894. The van der Waals surface area contributed by atoms with Crippen molar-refractivity contribution in [2.45, 2.75) is 57.5 Å². The van der Waals surface area contributed by atoms with Gasteiger partial charge in [0.25, 0.3) is 0 Å². The molecule has 0 atom stereocenters. The van der Waals surface area contributed by atoms with Crippen LogP contribution in [0, 0.1) is 13.8 Å². The van der Waals surface area contributed by atoms with Crippen LogP contribution in [0.3, 0.4) is 0 Å². The zero-order chi connectivity index (χ0) is 17.2. The maximum atomic E-state index is 12.8. The zero-order valence-electron chi connectivity index (χ0n) is 14.7. The third-order valence-corrected chi connectivity index (χ3v) is 6.19. The molecule has 0 spiro atoms. The number of hydrogen-bond acceptors (Lipinski definition) is 4. The summed E-state index contributed by atoms with van der Waals surface area (Å²) >= 11 is 0. The van der Waals surface area contributed by atoms with E-state index in [-0.39, 0.29) is 10.9 Å². The van der Waals surface area contributed by atoms with Gasteiger partial charge in [0.05, 0.1) is 7.11 Å². The highest BCUT2D eigenvalue weighted by atomic mass is 32.2. The first-order valence-electron chi connectivity index (χ1n) is 8.16. The molecule has 1 N–H and O–H groups in total. The Labute approximate surface area is 140 Å². The van der Waals surface area contributed by atoms with Gasteiger partial charge in [0.15, 0.2) is 0 Å². The maximum absolute atomic E-state index is 12.8. The number of sulfonamides is 1. The number of ether oxygens (including phenoxy) is 1. The molecule has 0 amide bonds. The fourth-order valence-corrected chi connectivity index (χ4v) is 4.49. The molecule has 130 valence electrons. The standard InChI is InChI=1S/C17H28N2O3S/c1-12(2)19-8-6-15(7-9-19)18-23(20,21)17-11-14(4)13(3)10-16(17)22-5/h10-12,15,18H,6-9H2,1-5H3. The molecule has 23 heavy (non-hydrogen) atoms. The van der Waals surface area contributed by atoms with Crippen molar-refractivity contribution in [1.82, 2.24) is 9.62 Å². The monoisotopic (exact) mass is 340 g/mol. The number of nitrogens with one attached hydrogen (secondary N) is 1. The van der Waals surface area contributed by atoms with Gasteiger partial charge in [0.1, 0.15) is 10.6 Å². The molecular weight excluding hydrogens is 312 g/mol. The van der Waals surface area contributed by atoms with Gasteiger partial charge < -0.3 is 9.64 Å². The summed E-state index contributed by atoms with van der Waals surface area (Å²) in [5.41, 5.74) is 1.96. The predicted octanol–water partition coefficient (Wildman–Crippen LogP) is 2.46. The summed E-state index contributed by atoms with van der Waals surface area (Å²) in [6.45, 7) is 10.1. The van der Waals surface area contributed by atoms with E-state index in [1.54, 1.807) is 12.1 Å². The first kappa shape index (κ1) is 18.2. The molecule has 1 saturated heterocycles. The summed E-state index contributed by atoms with van der Waals surface area (Å²) in [6, 6.07) is 3.97. The lowest BCUT2D eigenvalue weighted by Crippen LogP contribution is -2.46. The van der Waals surface area contributed by atoms with Crippen molar-refractivity contribution in [2.75, 3.05) is 20.2 Å². The average Bonchev–Trinajstić information content (AvgIpc) is 2.49. The molecular formula is C17H28N2O3S. The molecule has 1 aliphatic heterocycles. The lowest BCUT2D eigenvalue weighted by molar-refractivity contribution is 0.168. The van der Waals surface area contributed by atoms with E-state index in [1.807, 2.05) is 13.8 Å². The Morgan fingerprint density at radius 2 is 1.74 bits per heavy atom. The summed E-state index contributed by atoms with van der Waals surface area (Å²) in [4.78, 5) is 2.61.